The minimum atomic E-state index is -1.59. The Morgan fingerprint density at radius 1 is 1.18 bits per heavy atom. The number of hydrogen-bond donors (Lipinski definition) is 2. The molecule has 1 fully saturated rings. The van der Waals surface area contributed by atoms with Gasteiger partial charge in [0, 0.05) is 47.1 Å². The van der Waals surface area contributed by atoms with Gasteiger partial charge in [0.1, 0.15) is 0 Å². The van der Waals surface area contributed by atoms with Crippen molar-refractivity contribution >= 4 is 35.0 Å². The smallest absolute Gasteiger partial charge is 0.255 e. The first-order valence-electron chi connectivity index (χ1n) is 10.5. The van der Waals surface area contributed by atoms with Crippen molar-refractivity contribution in [1.82, 2.24) is 0 Å². The van der Waals surface area contributed by atoms with Crippen molar-refractivity contribution in [3.63, 3.8) is 0 Å². The molecule has 3 rings (SSSR count). The molecule has 33 heavy (non-hydrogen) atoms. The minimum Gasteiger partial charge on any atom is -0.400 e. The maximum Gasteiger partial charge on any atom is 0.255 e. The van der Waals surface area contributed by atoms with Crippen molar-refractivity contribution in [3.8, 4) is 6.07 Å². The zero-order chi connectivity index (χ0) is 25.1. The molecule has 0 radical (unpaired) electrons. The van der Waals surface area contributed by atoms with Crippen LogP contribution < -0.4 is 5.32 Å². The predicted octanol–water partition coefficient (Wildman–Crippen LogP) is 7.06. The number of aliphatic hydroxyl groups is 1. The first-order valence-corrected chi connectivity index (χ1v) is 11.8. The maximum absolute atomic E-state index is 13.4. The van der Waals surface area contributed by atoms with E-state index < -0.39 is 23.4 Å². The molecule has 2 N–H and O–H groups in total. The van der Waals surface area contributed by atoms with E-state index in [9.17, 15) is 18.0 Å². The molecule has 0 spiro atoms. The summed E-state index contributed by atoms with van der Waals surface area (Å²) < 4.78 is 39.8. The van der Waals surface area contributed by atoms with Gasteiger partial charge in [-0.1, -0.05) is 32.4 Å². The van der Waals surface area contributed by atoms with Crippen molar-refractivity contribution in [2.24, 2.45) is 11.8 Å². The lowest BCUT2D eigenvalue weighted by molar-refractivity contribution is 0.102. The summed E-state index contributed by atoms with van der Waals surface area (Å²) in [6.07, 6.45) is 2.48. The Hall–Kier alpha value is -2.21. The zero-order valence-electron chi connectivity index (χ0n) is 19.0. The second-order valence-electron chi connectivity index (χ2n) is 7.11. The molecule has 0 aromatic heterocycles. The van der Waals surface area contributed by atoms with Crippen molar-refractivity contribution in [2.75, 3.05) is 12.4 Å². The lowest BCUT2D eigenvalue weighted by atomic mass is 10.0. The van der Waals surface area contributed by atoms with Crippen molar-refractivity contribution < 1.29 is 23.1 Å². The summed E-state index contributed by atoms with van der Waals surface area (Å²) in [4.78, 5) is 13.2. The predicted molar refractivity (Wildman–Crippen MR) is 127 cm³/mol. The van der Waals surface area contributed by atoms with Gasteiger partial charge in [-0.2, -0.15) is 5.26 Å². The number of aliphatic hydroxyl groups excluding tert-OH is 1. The molecule has 0 heterocycles. The molecule has 1 aliphatic carbocycles. The Morgan fingerprint density at radius 3 is 2.36 bits per heavy atom. The Labute approximate surface area is 202 Å². The summed E-state index contributed by atoms with van der Waals surface area (Å²) in [6, 6.07) is 8.37. The molecule has 0 aliphatic heterocycles. The number of nitrogens with one attached hydrogen (secondary N) is 1. The lowest BCUT2D eigenvalue weighted by Crippen LogP contribution is -2.16. The number of thioether (sulfide) groups is 1. The number of amides is 1. The molecule has 3 atom stereocenters. The van der Waals surface area contributed by atoms with E-state index in [1.165, 1.54) is 6.07 Å². The van der Waals surface area contributed by atoms with Crippen LogP contribution in [0.2, 0.25) is 5.02 Å². The number of rotatable bonds is 5. The quantitative estimate of drug-likeness (QED) is 0.431. The van der Waals surface area contributed by atoms with E-state index in [0.29, 0.717) is 34.4 Å². The van der Waals surface area contributed by atoms with Gasteiger partial charge in [0.05, 0.1) is 11.1 Å². The standard InChI is InChI=1S/C21H18ClF3N2OS.C2H6.CH4O/c1-11-2-3-12(6-7-26)20(11)29-18-8-13(4-5-15(18)22)21(28)27-14-9-16(23)19(25)17(24)10-14;2*1-2/h4-5,8-12,20H,2-3,6H2,1H3,(H,27,28);1-2H3;2H,1H3. The summed E-state index contributed by atoms with van der Waals surface area (Å²) in [7, 11) is 1.00. The molecule has 1 saturated carbocycles. The summed E-state index contributed by atoms with van der Waals surface area (Å²) in [5, 5.41) is 19.1. The third kappa shape index (κ3) is 7.66. The van der Waals surface area contributed by atoms with Crippen LogP contribution in [0.4, 0.5) is 18.9 Å². The van der Waals surface area contributed by atoms with Crippen molar-refractivity contribution in [3.05, 3.63) is 58.4 Å². The van der Waals surface area contributed by atoms with Gasteiger partial charge >= 0.3 is 0 Å². The highest BCUT2D eigenvalue weighted by Crippen LogP contribution is 2.45. The fourth-order valence-corrected chi connectivity index (χ4v) is 5.24. The molecule has 1 aliphatic rings. The number of nitrogens with zero attached hydrogens (tertiary/aromatic N) is 1. The third-order valence-corrected chi connectivity index (χ3v) is 7.22. The van der Waals surface area contributed by atoms with Crippen LogP contribution in [-0.2, 0) is 0 Å². The zero-order valence-corrected chi connectivity index (χ0v) is 20.5. The lowest BCUT2D eigenvalue weighted by Gasteiger charge is -2.21. The van der Waals surface area contributed by atoms with Crippen LogP contribution in [0.15, 0.2) is 35.2 Å². The Kier molecular flexibility index (Phi) is 12.3. The highest BCUT2D eigenvalue weighted by atomic mass is 35.5. The number of hydrogen-bond acceptors (Lipinski definition) is 4. The summed E-state index contributed by atoms with van der Waals surface area (Å²) >= 11 is 7.86. The normalized spacial score (nSPS) is 18.8. The summed E-state index contributed by atoms with van der Waals surface area (Å²) in [6.45, 7) is 6.14. The van der Waals surface area contributed by atoms with Gasteiger partial charge in [0.2, 0.25) is 0 Å². The van der Waals surface area contributed by atoms with Gasteiger partial charge in [-0.15, -0.1) is 11.8 Å². The topological polar surface area (TPSA) is 73.1 Å². The van der Waals surface area contributed by atoms with Crippen molar-refractivity contribution in [1.29, 1.82) is 5.26 Å². The van der Waals surface area contributed by atoms with E-state index in [0.717, 1.165) is 20.0 Å². The van der Waals surface area contributed by atoms with E-state index in [2.05, 4.69) is 18.3 Å². The number of nitriles is 1. The molecule has 2 aromatic carbocycles. The second-order valence-corrected chi connectivity index (χ2v) is 8.74. The molecule has 2 aromatic rings. The van der Waals surface area contributed by atoms with E-state index in [4.69, 9.17) is 22.0 Å². The molecule has 0 saturated heterocycles. The number of benzene rings is 2. The summed E-state index contributed by atoms with van der Waals surface area (Å²) in [5.74, 6) is -4.28. The molecule has 180 valence electrons. The van der Waals surface area contributed by atoms with Crippen LogP contribution in [0.5, 0.6) is 0 Å². The first kappa shape index (κ1) is 28.8. The fourth-order valence-electron chi connectivity index (χ4n) is 3.53. The van der Waals surface area contributed by atoms with Crippen LogP contribution in [0.1, 0.15) is 50.4 Å². The van der Waals surface area contributed by atoms with Crippen LogP contribution in [0.25, 0.3) is 0 Å². The average Bonchev–Trinajstić information content (AvgIpc) is 3.15. The van der Waals surface area contributed by atoms with E-state index in [1.54, 1.807) is 23.9 Å². The minimum absolute atomic E-state index is 0.186. The van der Waals surface area contributed by atoms with Crippen LogP contribution in [-0.4, -0.2) is 23.4 Å². The fraction of sp³-hybridized carbons (Fsp3) is 0.417. The van der Waals surface area contributed by atoms with Gasteiger partial charge in [-0.3, -0.25) is 4.79 Å². The van der Waals surface area contributed by atoms with E-state index in [1.807, 2.05) is 13.8 Å². The number of carbonyl (C=O) groups excluding carboxylic acids is 1. The van der Waals surface area contributed by atoms with Crippen LogP contribution in [0, 0.1) is 40.6 Å². The molecular formula is C24H28ClF3N2O2S. The van der Waals surface area contributed by atoms with Gasteiger partial charge < -0.3 is 10.4 Å². The number of anilines is 1. The van der Waals surface area contributed by atoms with E-state index in [-0.39, 0.29) is 22.4 Å². The number of carbonyl (C=O) groups is 1. The average molecular weight is 501 g/mol. The third-order valence-electron chi connectivity index (χ3n) is 5.07. The number of halogens is 4. The summed E-state index contributed by atoms with van der Waals surface area (Å²) in [5.41, 5.74) is 0.0681. The highest BCUT2D eigenvalue weighted by molar-refractivity contribution is 8.00. The molecule has 1 amide bonds. The van der Waals surface area contributed by atoms with Gasteiger partial charge in [0.25, 0.3) is 5.91 Å². The maximum atomic E-state index is 13.4. The van der Waals surface area contributed by atoms with Crippen molar-refractivity contribution in [2.45, 2.75) is 50.2 Å². The Morgan fingerprint density at radius 2 is 1.79 bits per heavy atom. The largest absolute Gasteiger partial charge is 0.400 e. The Bertz CT molecular complexity index is 962. The van der Waals surface area contributed by atoms with Crippen LogP contribution >= 0.6 is 23.4 Å². The van der Waals surface area contributed by atoms with Gasteiger partial charge in [-0.25, -0.2) is 13.2 Å². The molecule has 3 unspecified atom stereocenters. The van der Waals surface area contributed by atoms with E-state index >= 15 is 0 Å². The molecular weight excluding hydrogens is 473 g/mol. The monoisotopic (exact) mass is 500 g/mol. The molecule has 9 heteroatoms. The molecule has 4 nitrogen and oxygen atoms in total. The highest BCUT2D eigenvalue weighted by Gasteiger charge is 2.34. The molecule has 0 bridgehead atoms. The van der Waals surface area contributed by atoms with Gasteiger partial charge in [0.15, 0.2) is 17.5 Å². The second kappa shape index (κ2) is 14.1. The Balaban J connectivity index is 0.00000129. The SMILES string of the molecule is CC.CC1CCC(CC#N)C1Sc1cc(C(=O)Nc2cc(F)c(F)c(F)c2)ccc1Cl.CO. The van der Waals surface area contributed by atoms with Gasteiger partial charge in [-0.05, 0) is 42.9 Å². The first-order chi connectivity index (χ1) is 15.8. The van der Waals surface area contributed by atoms with Crippen LogP contribution in [0.3, 0.4) is 0 Å².